The lowest BCUT2D eigenvalue weighted by atomic mass is 9.87. The Bertz CT molecular complexity index is 905. The summed E-state index contributed by atoms with van der Waals surface area (Å²) < 4.78 is 61.6. The molecule has 1 aliphatic rings. The molecule has 0 saturated carbocycles. The molecule has 7 nitrogen and oxygen atoms in total. The molecule has 2 rings (SSSR count). The van der Waals surface area contributed by atoms with Crippen molar-refractivity contribution in [2.24, 2.45) is 0 Å². The first-order valence-corrected chi connectivity index (χ1v) is 9.53. The average molecular weight is 443 g/mol. The topological polar surface area (TPSA) is 83.1 Å². The molecule has 10 heteroatoms. The molecule has 0 spiro atoms. The zero-order valence-electron chi connectivity index (χ0n) is 17.8. The summed E-state index contributed by atoms with van der Waals surface area (Å²) in [5.41, 5.74) is -0.707. The van der Waals surface area contributed by atoms with E-state index < -0.39 is 36.1 Å². The lowest BCUT2D eigenvalue weighted by molar-refractivity contribution is -0.138. The highest BCUT2D eigenvalue weighted by atomic mass is 19.4. The lowest BCUT2D eigenvalue weighted by Gasteiger charge is -2.31. The van der Waals surface area contributed by atoms with Gasteiger partial charge < -0.3 is 24.3 Å². The van der Waals surface area contributed by atoms with Gasteiger partial charge >= 0.3 is 18.5 Å². The molecule has 170 valence electrons. The summed E-state index contributed by atoms with van der Waals surface area (Å²) in [7, 11) is 0. The van der Waals surface area contributed by atoms with Gasteiger partial charge in [0.05, 0.1) is 29.7 Å². The predicted octanol–water partition coefficient (Wildman–Crippen LogP) is 5.59. The van der Waals surface area contributed by atoms with Gasteiger partial charge in [-0.1, -0.05) is 18.2 Å². The van der Waals surface area contributed by atoms with Crippen molar-refractivity contribution in [1.29, 1.82) is 0 Å². The van der Waals surface area contributed by atoms with Gasteiger partial charge in [-0.05, 0) is 46.2 Å². The minimum Gasteiger partial charge on any atom is -0.434 e. The zero-order valence-corrected chi connectivity index (χ0v) is 17.8. The van der Waals surface area contributed by atoms with Crippen LogP contribution in [0.25, 0.3) is 0 Å². The third-order valence-electron chi connectivity index (χ3n) is 4.20. The number of nitrogens with one attached hydrogen (secondary N) is 1. The van der Waals surface area contributed by atoms with Crippen molar-refractivity contribution in [2.75, 3.05) is 6.61 Å². The third-order valence-corrected chi connectivity index (χ3v) is 4.20. The van der Waals surface area contributed by atoms with Crippen molar-refractivity contribution in [1.82, 2.24) is 5.32 Å². The van der Waals surface area contributed by atoms with E-state index in [9.17, 15) is 22.8 Å². The molecule has 0 bridgehead atoms. The van der Waals surface area contributed by atoms with Crippen LogP contribution in [0.4, 0.5) is 22.8 Å². The van der Waals surface area contributed by atoms with Crippen LogP contribution in [0.2, 0.25) is 0 Å². The Morgan fingerprint density at radius 3 is 2.10 bits per heavy atom. The van der Waals surface area contributed by atoms with E-state index in [1.165, 1.54) is 32.0 Å². The molecule has 0 amide bonds. The summed E-state index contributed by atoms with van der Waals surface area (Å²) in [6.07, 6.45) is -7.42. The number of dihydropyridines is 1. The average Bonchev–Trinajstić information content (AvgIpc) is 2.64. The maximum atomic E-state index is 13.8. The highest BCUT2D eigenvalue weighted by Crippen LogP contribution is 2.44. The molecule has 1 aromatic carbocycles. The van der Waals surface area contributed by atoms with E-state index in [1.807, 2.05) is 0 Å². The first-order valence-electron chi connectivity index (χ1n) is 9.53. The first-order chi connectivity index (χ1) is 14.5. The standard InChI is InChI=1S/C21H24F3NO6/c1-6-28-19(26)30-17-12(4)25-13(5)18(31-20(27)29-11(2)3)16(17)14-9-7-8-10-15(14)21(22,23)24/h7-11,16,25H,6H2,1-5H3. The summed E-state index contributed by atoms with van der Waals surface area (Å²) in [4.78, 5) is 24.2. The van der Waals surface area contributed by atoms with Crippen molar-refractivity contribution >= 4 is 12.3 Å². The number of hydrogen-bond acceptors (Lipinski definition) is 7. The number of alkyl halides is 3. The van der Waals surface area contributed by atoms with Gasteiger partial charge in [-0.15, -0.1) is 0 Å². The van der Waals surface area contributed by atoms with E-state index in [0.29, 0.717) is 0 Å². The Morgan fingerprint density at radius 2 is 1.58 bits per heavy atom. The van der Waals surface area contributed by atoms with Crippen LogP contribution >= 0.6 is 0 Å². The van der Waals surface area contributed by atoms with Crippen molar-refractivity contribution in [3.8, 4) is 0 Å². The molecule has 0 fully saturated rings. The Morgan fingerprint density at radius 1 is 1.03 bits per heavy atom. The number of allylic oxidation sites excluding steroid dienone is 2. The zero-order chi connectivity index (χ0) is 23.3. The molecule has 0 aromatic heterocycles. The first kappa shape index (κ1) is 24.1. The molecule has 1 heterocycles. The molecule has 31 heavy (non-hydrogen) atoms. The highest BCUT2D eigenvalue weighted by molar-refractivity contribution is 5.65. The number of carbonyl (C=O) groups is 2. The van der Waals surface area contributed by atoms with E-state index in [1.54, 1.807) is 20.8 Å². The molecular weight excluding hydrogens is 419 g/mol. The van der Waals surface area contributed by atoms with Crippen molar-refractivity contribution in [2.45, 2.75) is 52.8 Å². The van der Waals surface area contributed by atoms with E-state index in [0.717, 1.165) is 6.07 Å². The quantitative estimate of drug-likeness (QED) is 0.594. The van der Waals surface area contributed by atoms with E-state index >= 15 is 0 Å². The number of ether oxygens (including phenoxy) is 4. The van der Waals surface area contributed by atoms with Crippen LogP contribution in [0, 0.1) is 0 Å². The SMILES string of the molecule is CCOC(=O)OC1=C(C)NC(C)=C(OC(=O)OC(C)C)C1c1ccccc1C(F)(F)F. The van der Waals surface area contributed by atoms with Gasteiger partial charge in [0.15, 0.2) is 0 Å². The lowest BCUT2D eigenvalue weighted by Crippen LogP contribution is -2.30. The minimum absolute atomic E-state index is 0.00132. The molecular formula is C21H24F3NO6. The molecule has 1 aliphatic heterocycles. The predicted molar refractivity (Wildman–Crippen MR) is 104 cm³/mol. The van der Waals surface area contributed by atoms with Crippen molar-refractivity contribution < 1.29 is 41.7 Å². The van der Waals surface area contributed by atoms with Crippen LogP contribution in [0.5, 0.6) is 0 Å². The van der Waals surface area contributed by atoms with E-state index in [-0.39, 0.29) is 35.1 Å². The molecule has 0 radical (unpaired) electrons. The van der Waals surface area contributed by atoms with Gasteiger partial charge in [0, 0.05) is 0 Å². The van der Waals surface area contributed by atoms with Gasteiger partial charge in [0.2, 0.25) is 0 Å². The van der Waals surface area contributed by atoms with Gasteiger partial charge in [0.1, 0.15) is 17.4 Å². The fourth-order valence-electron chi connectivity index (χ4n) is 3.06. The number of carbonyl (C=O) groups excluding carboxylic acids is 2. The smallest absolute Gasteiger partial charge is 0.434 e. The second-order valence-corrected chi connectivity index (χ2v) is 6.93. The van der Waals surface area contributed by atoms with E-state index in [4.69, 9.17) is 18.9 Å². The molecule has 1 atom stereocenters. The number of hydrogen-bond donors (Lipinski definition) is 1. The van der Waals surface area contributed by atoms with Crippen LogP contribution in [-0.2, 0) is 25.1 Å². The summed E-state index contributed by atoms with van der Waals surface area (Å²) in [5.74, 6) is -1.73. The second-order valence-electron chi connectivity index (χ2n) is 6.93. The van der Waals surface area contributed by atoms with Gasteiger partial charge in [-0.3, -0.25) is 0 Å². The fraction of sp³-hybridized carbons (Fsp3) is 0.429. The Balaban J connectivity index is 2.63. The van der Waals surface area contributed by atoms with Crippen LogP contribution in [0.15, 0.2) is 47.2 Å². The maximum Gasteiger partial charge on any atom is 0.513 e. The van der Waals surface area contributed by atoms with Crippen LogP contribution in [0.1, 0.15) is 51.7 Å². The fourth-order valence-corrected chi connectivity index (χ4v) is 3.06. The Hall–Kier alpha value is -3.17. The van der Waals surface area contributed by atoms with Gasteiger partial charge in [-0.2, -0.15) is 13.2 Å². The molecule has 1 N–H and O–H groups in total. The minimum atomic E-state index is -4.71. The molecule has 0 saturated heterocycles. The van der Waals surface area contributed by atoms with Crippen LogP contribution in [0.3, 0.4) is 0 Å². The summed E-state index contributed by atoms with van der Waals surface area (Å²) in [6, 6.07) is 4.77. The number of rotatable bonds is 5. The highest BCUT2D eigenvalue weighted by Gasteiger charge is 2.42. The summed E-state index contributed by atoms with van der Waals surface area (Å²) >= 11 is 0. The Labute approximate surface area is 177 Å². The Kier molecular flexibility index (Phi) is 7.59. The molecule has 0 aliphatic carbocycles. The summed E-state index contributed by atoms with van der Waals surface area (Å²) in [5, 5.41) is 2.86. The van der Waals surface area contributed by atoms with Crippen LogP contribution in [-0.4, -0.2) is 25.0 Å². The van der Waals surface area contributed by atoms with Gasteiger partial charge in [0.25, 0.3) is 0 Å². The van der Waals surface area contributed by atoms with Crippen molar-refractivity contribution in [3.05, 3.63) is 58.3 Å². The van der Waals surface area contributed by atoms with E-state index in [2.05, 4.69) is 5.32 Å². The largest absolute Gasteiger partial charge is 0.513 e. The van der Waals surface area contributed by atoms with Crippen molar-refractivity contribution in [3.63, 3.8) is 0 Å². The number of halogens is 3. The monoisotopic (exact) mass is 443 g/mol. The third kappa shape index (κ3) is 5.93. The summed E-state index contributed by atoms with van der Waals surface area (Å²) in [6.45, 7) is 7.78. The van der Waals surface area contributed by atoms with Crippen LogP contribution < -0.4 is 5.32 Å². The molecule has 1 aromatic rings. The normalized spacial score (nSPS) is 16.7. The molecule has 1 unspecified atom stereocenters. The maximum absolute atomic E-state index is 13.8. The van der Waals surface area contributed by atoms with Gasteiger partial charge in [-0.25, -0.2) is 9.59 Å². The number of benzene rings is 1. The second kappa shape index (κ2) is 9.76.